The summed E-state index contributed by atoms with van der Waals surface area (Å²) in [6.07, 6.45) is 0. The van der Waals surface area contributed by atoms with Crippen LogP contribution in [0.5, 0.6) is 0 Å². The predicted octanol–water partition coefficient (Wildman–Crippen LogP) is 9.27. The standard InChI is InChI=1S/C36H24N2/c1-36(2)29-12-6-5-11-27(29)34-32-24(9-7-13-30(32)36)20-28-33-26-10-4-3-8-23(26)16-19-31(33)38(35(28)34)25-17-14-22(21-37)15-18-25/h3-20H,1-2H3. The van der Waals surface area contributed by atoms with E-state index in [1.54, 1.807) is 0 Å². The zero-order chi connectivity index (χ0) is 25.6. The van der Waals surface area contributed by atoms with E-state index in [4.69, 9.17) is 0 Å². The molecule has 1 heterocycles. The third kappa shape index (κ3) is 2.61. The van der Waals surface area contributed by atoms with Crippen molar-refractivity contribution in [2.24, 2.45) is 0 Å². The van der Waals surface area contributed by atoms with Gasteiger partial charge in [0.15, 0.2) is 0 Å². The highest BCUT2D eigenvalue weighted by molar-refractivity contribution is 6.28. The molecule has 0 N–H and O–H groups in total. The summed E-state index contributed by atoms with van der Waals surface area (Å²) in [6, 6.07) is 41.5. The normalized spacial score (nSPS) is 13.7. The van der Waals surface area contributed by atoms with Gasteiger partial charge in [0.2, 0.25) is 0 Å². The monoisotopic (exact) mass is 484 g/mol. The molecule has 178 valence electrons. The van der Waals surface area contributed by atoms with Crippen LogP contribution >= 0.6 is 0 Å². The van der Waals surface area contributed by atoms with Gasteiger partial charge in [0.1, 0.15) is 0 Å². The molecule has 0 unspecified atom stereocenters. The third-order valence-electron chi connectivity index (χ3n) is 8.58. The van der Waals surface area contributed by atoms with E-state index in [1.165, 1.54) is 65.6 Å². The number of nitrogens with zero attached hydrogens (tertiary/aromatic N) is 2. The van der Waals surface area contributed by atoms with Crippen LogP contribution in [0.4, 0.5) is 0 Å². The molecule has 0 radical (unpaired) electrons. The van der Waals surface area contributed by atoms with Gasteiger partial charge in [-0.25, -0.2) is 0 Å². The SMILES string of the molecule is CC1(C)c2ccccc2-c2c3c1cccc3cc1c3c4ccccc4ccc3n(-c3ccc(C#N)cc3)c21. The first-order chi connectivity index (χ1) is 18.6. The summed E-state index contributed by atoms with van der Waals surface area (Å²) in [7, 11) is 0. The second-order valence-electron chi connectivity index (χ2n) is 10.9. The average Bonchev–Trinajstić information content (AvgIpc) is 3.29. The highest BCUT2D eigenvalue weighted by Gasteiger charge is 2.35. The van der Waals surface area contributed by atoms with Crippen LogP contribution in [-0.2, 0) is 5.41 Å². The molecule has 2 heteroatoms. The van der Waals surface area contributed by atoms with E-state index in [9.17, 15) is 5.26 Å². The van der Waals surface area contributed by atoms with Crippen molar-refractivity contribution in [3.05, 3.63) is 126 Å². The summed E-state index contributed by atoms with van der Waals surface area (Å²) >= 11 is 0. The lowest BCUT2D eigenvalue weighted by atomic mass is 9.68. The molecule has 38 heavy (non-hydrogen) atoms. The van der Waals surface area contributed by atoms with Crippen molar-refractivity contribution < 1.29 is 0 Å². The Morgan fingerprint density at radius 2 is 1.39 bits per heavy atom. The van der Waals surface area contributed by atoms with Crippen LogP contribution in [0.25, 0.3) is 60.2 Å². The van der Waals surface area contributed by atoms with Crippen LogP contribution in [0.15, 0.2) is 109 Å². The zero-order valence-electron chi connectivity index (χ0n) is 21.3. The fraction of sp³-hybridized carbons (Fsp3) is 0.0833. The largest absolute Gasteiger partial charge is 0.309 e. The minimum atomic E-state index is -0.102. The molecular formula is C36H24N2. The Balaban J connectivity index is 1.69. The lowest BCUT2D eigenvalue weighted by molar-refractivity contribution is 0.645. The van der Waals surface area contributed by atoms with Gasteiger partial charge in [-0.3, -0.25) is 0 Å². The van der Waals surface area contributed by atoms with Gasteiger partial charge in [-0.2, -0.15) is 5.26 Å². The quantitative estimate of drug-likeness (QED) is 0.228. The number of hydrogen-bond acceptors (Lipinski definition) is 1. The second-order valence-corrected chi connectivity index (χ2v) is 10.9. The maximum atomic E-state index is 9.46. The lowest BCUT2D eigenvalue weighted by Crippen LogP contribution is -2.23. The molecule has 1 aliphatic rings. The Kier molecular flexibility index (Phi) is 4.10. The van der Waals surface area contributed by atoms with E-state index in [0.717, 1.165) is 5.69 Å². The topological polar surface area (TPSA) is 28.7 Å². The Bertz CT molecular complexity index is 2150. The van der Waals surface area contributed by atoms with Crippen LogP contribution < -0.4 is 0 Å². The summed E-state index contributed by atoms with van der Waals surface area (Å²) < 4.78 is 2.42. The first-order valence-corrected chi connectivity index (χ1v) is 13.1. The van der Waals surface area contributed by atoms with Gasteiger partial charge in [0.25, 0.3) is 0 Å². The molecule has 1 aliphatic carbocycles. The molecule has 0 spiro atoms. The molecule has 0 amide bonds. The summed E-state index contributed by atoms with van der Waals surface area (Å²) in [5.41, 5.74) is 9.36. The van der Waals surface area contributed by atoms with Crippen molar-refractivity contribution in [1.29, 1.82) is 5.26 Å². The highest BCUT2D eigenvalue weighted by Crippen LogP contribution is 2.53. The van der Waals surface area contributed by atoms with Gasteiger partial charge in [0, 0.05) is 27.4 Å². The van der Waals surface area contributed by atoms with E-state index < -0.39 is 0 Å². The van der Waals surface area contributed by atoms with Crippen molar-refractivity contribution in [2.45, 2.75) is 19.3 Å². The van der Waals surface area contributed by atoms with Crippen LogP contribution in [0.1, 0.15) is 30.5 Å². The molecular weight excluding hydrogens is 460 g/mol. The van der Waals surface area contributed by atoms with Crippen LogP contribution in [0.2, 0.25) is 0 Å². The third-order valence-corrected chi connectivity index (χ3v) is 8.58. The summed E-state index contributed by atoms with van der Waals surface area (Å²) in [6.45, 7) is 4.69. The Hall–Kier alpha value is -4.87. The van der Waals surface area contributed by atoms with E-state index in [2.05, 4.69) is 122 Å². The average molecular weight is 485 g/mol. The molecule has 0 saturated heterocycles. The molecule has 8 rings (SSSR count). The molecule has 0 bridgehead atoms. The van der Waals surface area contributed by atoms with Gasteiger partial charge < -0.3 is 4.57 Å². The molecule has 1 aromatic heterocycles. The van der Waals surface area contributed by atoms with E-state index in [1.807, 2.05) is 12.1 Å². The molecule has 6 aromatic carbocycles. The minimum Gasteiger partial charge on any atom is -0.309 e. The van der Waals surface area contributed by atoms with Crippen molar-refractivity contribution in [3.63, 3.8) is 0 Å². The Labute approximate surface area is 221 Å². The van der Waals surface area contributed by atoms with Crippen LogP contribution in [0.3, 0.4) is 0 Å². The molecule has 0 fully saturated rings. The number of nitriles is 1. The van der Waals surface area contributed by atoms with E-state index in [-0.39, 0.29) is 5.41 Å². The number of rotatable bonds is 1. The highest BCUT2D eigenvalue weighted by atomic mass is 15.0. The van der Waals surface area contributed by atoms with Gasteiger partial charge in [-0.15, -0.1) is 0 Å². The smallest absolute Gasteiger partial charge is 0.0991 e. The lowest BCUT2D eigenvalue weighted by Gasteiger charge is -2.35. The second kappa shape index (κ2) is 7.34. The summed E-state index contributed by atoms with van der Waals surface area (Å²) in [5, 5.41) is 17.1. The fourth-order valence-electron chi connectivity index (χ4n) is 6.85. The number of hydrogen-bond donors (Lipinski definition) is 0. The number of fused-ring (bicyclic) bond motifs is 8. The van der Waals surface area contributed by atoms with Crippen LogP contribution in [0, 0.1) is 11.3 Å². The van der Waals surface area contributed by atoms with Gasteiger partial charge in [-0.05, 0) is 74.6 Å². The molecule has 7 aromatic rings. The Morgan fingerprint density at radius 3 is 2.24 bits per heavy atom. The molecule has 0 atom stereocenters. The van der Waals surface area contributed by atoms with Crippen LogP contribution in [-0.4, -0.2) is 4.57 Å². The number of benzene rings is 6. The maximum Gasteiger partial charge on any atom is 0.0991 e. The maximum absolute atomic E-state index is 9.46. The molecule has 2 nitrogen and oxygen atoms in total. The summed E-state index contributed by atoms with van der Waals surface area (Å²) in [4.78, 5) is 0. The first-order valence-electron chi connectivity index (χ1n) is 13.1. The van der Waals surface area contributed by atoms with Crippen molar-refractivity contribution >= 4 is 43.4 Å². The summed E-state index contributed by atoms with van der Waals surface area (Å²) in [5.74, 6) is 0. The fourth-order valence-corrected chi connectivity index (χ4v) is 6.85. The van der Waals surface area contributed by atoms with Gasteiger partial charge in [-0.1, -0.05) is 86.6 Å². The van der Waals surface area contributed by atoms with Crippen molar-refractivity contribution in [2.75, 3.05) is 0 Å². The first kappa shape index (κ1) is 21.2. The van der Waals surface area contributed by atoms with Crippen molar-refractivity contribution in [3.8, 4) is 22.9 Å². The van der Waals surface area contributed by atoms with Gasteiger partial charge in [0.05, 0.1) is 22.7 Å². The van der Waals surface area contributed by atoms with Crippen molar-refractivity contribution in [1.82, 2.24) is 4.57 Å². The Morgan fingerprint density at radius 1 is 0.658 bits per heavy atom. The van der Waals surface area contributed by atoms with E-state index >= 15 is 0 Å². The predicted molar refractivity (Wildman–Crippen MR) is 158 cm³/mol. The zero-order valence-corrected chi connectivity index (χ0v) is 21.3. The van der Waals surface area contributed by atoms with Gasteiger partial charge >= 0.3 is 0 Å². The minimum absolute atomic E-state index is 0.102. The number of aromatic nitrogens is 1. The molecule has 0 saturated carbocycles. The van der Waals surface area contributed by atoms with E-state index in [0.29, 0.717) is 5.56 Å². The molecule has 0 aliphatic heterocycles.